The van der Waals surface area contributed by atoms with E-state index in [2.05, 4.69) is 29.6 Å². The zero-order chi connectivity index (χ0) is 24.1. The summed E-state index contributed by atoms with van der Waals surface area (Å²) in [5.74, 6) is 2.27. The van der Waals surface area contributed by atoms with E-state index in [0.29, 0.717) is 13.0 Å². The molecule has 0 aliphatic carbocycles. The number of hydrogen-bond acceptors (Lipinski definition) is 3. The molecule has 0 spiro atoms. The lowest BCUT2D eigenvalue weighted by Gasteiger charge is -2.39. The lowest BCUT2D eigenvalue weighted by atomic mass is 9.68. The van der Waals surface area contributed by atoms with Crippen molar-refractivity contribution in [3.8, 4) is 17.2 Å². The average Bonchev–Trinajstić information content (AvgIpc) is 2.92. The Morgan fingerprint density at radius 1 is 0.771 bits per heavy atom. The molecule has 1 heterocycles. The molecular formula is C31H29NO3. The van der Waals surface area contributed by atoms with Crippen LogP contribution in [-0.2, 0) is 23.2 Å². The first-order valence-corrected chi connectivity index (χ1v) is 12.0. The van der Waals surface area contributed by atoms with Crippen LogP contribution in [0.1, 0.15) is 35.1 Å². The first-order chi connectivity index (χ1) is 17.2. The largest absolute Gasteiger partial charge is 0.497 e. The van der Waals surface area contributed by atoms with Gasteiger partial charge in [-0.25, -0.2) is 0 Å². The molecule has 0 aromatic heterocycles. The van der Waals surface area contributed by atoms with E-state index in [1.54, 1.807) is 7.11 Å². The van der Waals surface area contributed by atoms with Crippen LogP contribution < -0.4 is 14.8 Å². The van der Waals surface area contributed by atoms with Crippen LogP contribution >= 0.6 is 0 Å². The molecule has 4 nitrogen and oxygen atoms in total. The minimum absolute atomic E-state index is 0.00965. The molecule has 1 aliphatic heterocycles. The van der Waals surface area contributed by atoms with E-state index in [9.17, 15) is 4.79 Å². The number of para-hydroxylation sites is 2. The van der Waals surface area contributed by atoms with Gasteiger partial charge >= 0.3 is 0 Å². The van der Waals surface area contributed by atoms with Crippen LogP contribution in [0.5, 0.6) is 17.2 Å². The Balaban J connectivity index is 1.50. The Bertz CT molecular complexity index is 1250. The quantitative estimate of drug-likeness (QED) is 0.328. The average molecular weight is 464 g/mol. The molecule has 0 fully saturated rings. The Morgan fingerprint density at radius 3 is 2.00 bits per heavy atom. The van der Waals surface area contributed by atoms with Gasteiger partial charge in [0.15, 0.2) is 0 Å². The Hall–Kier alpha value is -4.05. The Kier molecular flexibility index (Phi) is 6.53. The molecule has 5 rings (SSSR count). The van der Waals surface area contributed by atoms with Crippen LogP contribution in [0, 0.1) is 0 Å². The molecule has 1 amide bonds. The van der Waals surface area contributed by atoms with Gasteiger partial charge in [-0.05, 0) is 54.7 Å². The van der Waals surface area contributed by atoms with Crippen LogP contribution in [0.2, 0.25) is 0 Å². The van der Waals surface area contributed by atoms with Gasteiger partial charge in [0.2, 0.25) is 5.91 Å². The summed E-state index contributed by atoms with van der Waals surface area (Å²) >= 11 is 0. The number of amides is 1. The van der Waals surface area contributed by atoms with E-state index in [-0.39, 0.29) is 5.91 Å². The number of benzene rings is 4. The monoisotopic (exact) mass is 463 g/mol. The van der Waals surface area contributed by atoms with E-state index in [1.165, 1.54) is 5.56 Å². The number of methoxy groups -OCH3 is 1. The summed E-state index contributed by atoms with van der Waals surface area (Å²) in [6.07, 6.45) is 2.44. The number of fused-ring (bicyclic) bond motifs is 2. The van der Waals surface area contributed by atoms with E-state index >= 15 is 0 Å². The zero-order valence-electron chi connectivity index (χ0n) is 19.9. The number of carbonyl (C=O) groups is 1. The van der Waals surface area contributed by atoms with Gasteiger partial charge in [-0.15, -0.1) is 0 Å². The van der Waals surface area contributed by atoms with Gasteiger partial charge in [0.05, 0.1) is 7.11 Å². The molecule has 0 radical (unpaired) electrons. The number of nitrogens with one attached hydrogen (secondary N) is 1. The fourth-order valence-electron chi connectivity index (χ4n) is 4.99. The fraction of sp³-hybridized carbons (Fsp3) is 0.194. The standard InChI is InChI=1S/C31H29NO3/c1-34-25-19-17-24(18-20-25)22-32-30(33)31(21-9-12-23-10-3-2-4-11-23)26-13-5-7-15-28(26)35-29-16-8-6-14-27(29)31/h2-8,10-11,13-20H,9,12,21-22H2,1H3,(H,32,33). The van der Waals surface area contributed by atoms with Gasteiger partial charge in [0.25, 0.3) is 0 Å². The van der Waals surface area contributed by atoms with Gasteiger partial charge in [-0.2, -0.15) is 0 Å². The maximum atomic E-state index is 14.2. The van der Waals surface area contributed by atoms with Crippen molar-refractivity contribution in [2.75, 3.05) is 7.11 Å². The fourth-order valence-corrected chi connectivity index (χ4v) is 4.99. The van der Waals surface area contributed by atoms with E-state index in [4.69, 9.17) is 9.47 Å². The van der Waals surface area contributed by atoms with Crippen molar-refractivity contribution in [3.05, 3.63) is 125 Å². The topological polar surface area (TPSA) is 47.6 Å². The summed E-state index contributed by atoms with van der Waals surface area (Å²) in [5, 5.41) is 3.24. The van der Waals surface area contributed by atoms with Gasteiger partial charge in [-0.3, -0.25) is 4.79 Å². The minimum Gasteiger partial charge on any atom is -0.497 e. The number of ether oxygens (including phenoxy) is 2. The second kappa shape index (κ2) is 10.1. The number of carbonyl (C=O) groups excluding carboxylic acids is 1. The van der Waals surface area contributed by atoms with Crippen LogP contribution in [-0.4, -0.2) is 13.0 Å². The molecule has 4 aromatic carbocycles. The van der Waals surface area contributed by atoms with E-state index in [0.717, 1.165) is 46.8 Å². The summed E-state index contributed by atoms with van der Waals surface area (Å²) in [6.45, 7) is 0.439. The van der Waals surface area contributed by atoms with Crippen molar-refractivity contribution in [3.63, 3.8) is 0 Å². The minimum atomic E-state index is -0.841. The third kappa shape index (κ3) is 4.52. The smallest absolute Gasteiger partial charge is 0.235 e. The molecule has 0 saturated carbocycles. The molecule has 4 heteroatoms. The third-order valence-electron chi connectivity index (χ3n) is 6.77. The summed E-state index contributed by atoms with van der Waals surface area (Å²) in [5.41, 5.74) is 3.28. The predicted molar refractivity (Wildman–Crippen MR) is 138 cm³/mol. The molecule has 176 valence electrons. The van der Waals surface area contributed by atoms with Crippen molar-refractivity contribution in [1.29, 1.82) is 0 Å². The molecule has 0 bridgehead atoms. The maximum Gasteiger partial charge on any atom is 0.235 e. The zero-order valence-corrected chi connectivity index (χ0v) is 19.9. The molecule has 0 atom stereocenters. The molecular weight excluding hydrogens is 434 g/mol. The number of hydrogen-bond donors (Lipinski definition) is 1. The molecule has 4 aromatic rings. The first-order valence-electron chi connectivity index (χ1n) is 12.0. The SMILES string of the molecule is COc1ccc(CNC(=O)C2(CCCc3ccccc3)c3ccccc3Oc3ccccc32)cc1. The molecule has 0 saturated heterocycles. The highest BCUT2D eigenvalue weighted by atomic mass is 16.5. The maximum absolute atomic E-state index is 14.2. The number of rotatable bonds is 8. The first kappa shape index (κ1) is 22.7. The third-order valence-corrected chi connectivity index (χ3v) is 6.77. The van der Waals surface area contributed by atoms with Crippen molar-refractivity contribution in [1.82, 2.24) is 5.32 Å². The summed E-state index contributed by atoms with van der Waals surface area (Å²) in [4.78, 5) is 14.2. The molecule has 1 aliphatic rings. The van der Waals surface area contributed by atoms with Gasteiger partial charge in [-0.1, -0.05) is 78.9 Å². The Morgan fingerprint density at radius 2 is 1.37 bits per heavy atom. The van der Waals surface area contributed by atoms with Crippen LogP contribution in [0.25, 0.3) is 0 Å². The van der Waals surface area contributed by atoms with Crippen molar-refractivity contribution < 1.29 is 14.3 Å². The summed E-state index contributed by atoms with van der Waals surface area (Å²) < 4.78 is 11.5. The van der Waals surface area contributed by atoms with Gasteiger partial charge in [0, 0.05) is 17.7 Å². The normalized spacial score (nSPS) is 13.2. The van der Waals surface area contributed by atoms with Gasteiger partial charge in [0.1, 0.15) is 22.7 Å². The summed E-state index contributed by atoms with van der Waals surface area (Å²) in [6, 6.07) is 34.1. The highest BCUT2D eigenvalue weighted by Gasteiger charge is 2.47. The van der Waals surface area contributed by atoms with Crippen LogP contribution in [0.15, 0.2) is 103 Å². The van der Waals surface area contributed by atoms with Crippen molar-refractivity contribution in [2.45, 2.75) is 31.2 Å². The van der Waals surface area contributed by atoms with Gasteiger partial charge < -0.3 is 14.8 Å². The van der Waals surface area contributed by atoms with Crippen LogP contribution in [0.3, 0.4) is 0 Å². The lowest BCUT2D eigenvalue weighted by molar-refractivity contribution is -0.126. The highest BCUT2D eigenvalue weighted by molar-refractivity contribution is 5.94. The molecule has 35 heavy (non-hydrogen) atoms. The molecule has 1 N–H and O–H groups in total. The van der Waals surface area contributed by atoms with E-state index < -0.39 is 5.41 Å². The second-order valence-corrected chi connectivity index (χ2v) is 8.87. The summed E-state index contributed by atoms with van der Waals surface area (Å²) in [7, 11) is 1.65. The van der Waals surface area contributed by atoms with E-state index in [1.807, 2.05) is 78.9 Å². The lowest BCUT2D eigenvalue weighted by Crippen LogP contribution is -2.46. The second-order valence-electron chi connectivity index (χ2n) is 8.87. The molecule has 0 unspecified atom stereocenters. The van der Waals surface area contributed by atoms with Crippen molar-refractivity contribution in [2.24, 2.45) is 0 Å². The van der Waals surface area contributed by atoms with Crippen molar-refractivity contribution >= 4 is 5.91 Å². The Labute approximate surface area is 206 Å². The highest BCUT2D eigenvalue weighted by Crippen LogP contribution is 2.50. The number of aryl methyl sites for hydroxylation is 1. The van der Waals surface area contributed by atoms with Crippen LogP contribution in [0.4, 0.5) is 0 Å². The predicted octanol–water partition coefficient (Wildman–Crippen LogP) is 6.43.